The fourth-order valence-corrected chi connectivity index (χ4v) is 1.06. The van der Waals surface area contributed by atoms with Crippen molar-refractivity contribution >= 4 is 6.09 Å². The van der Waals surface area contributed by atoms with Crippen molar-refractivity contribution in [2.45, 2.75) is 6.42 Å². The number of halogens is 1. The third-order valence-electron chi connectivity index (χ3n) is 1.70. The smallest absolute Gasteiger partial charge is 0.404 e. The Hall–Kier alpha value is -1.78. The van der Waals surface area contributed by atoms with Gasteiger partial charge in [0.2, 0.25) is 0 Å². The second-order valence-corrected chi connectivity index (χ2v) is 2.76. The Balaban J connectivity index is 2.57. The average molecular weight is 199 g/mol. The lowest BCUT2D eigenvalue weighted by atomic mass is 10.1. The van der Waals surface area contributed by atoms with Crippen LogP contribution in [0.4, 0.5) is 9.18 Å². The van der Waals surface area contributed by atoms with E-state index in [4.69, 9.17) is 10.2 Å². The number of rotatable bonds is 3. The Morgan fingerprint density at radius 1 is 1.50 bits per heavy atom. The molecular weight excluding hydrogens is 189 g/mol. The van der Waals surface area contributed by atoms with E-state index in [1.165, 1.54) is 12.1 Å². The van der Waals surface area contributed by atoms with Crippen LogP contribution in [0.2, 0.25) is 0 Å². The summed E-state index contributed by atoms with van der Waals surface area (Å²) in [7, 11) is 0. The van der Waals surface area contributed by atoms with Crippen LogP contribution in [-0.4, -0.2) is 22.9 Å². The maximum absolute atomic E-state index is 13.0. The van der Waals surface area contributed by atoms with Crippen LogP contribution in [-0.2, 0) is 6.42 Å². The molecule has 1 amide bonds. The van der Waals surface area contributed by atoms with Crippen molar-refractivity contribution in [2.75, 3.05) is 6.54 Å². The molecule has 1 aromatic carbocycles. The number of phenolic OH excluding ortho intramolecular Hbond substituents is 1. The van der Waals surface area contributed by atoms with Crippen LogP contribution in [0, 0.1) is 5.82 Å². The van der Waals surface area contributed by atoms with E-state index in [0.717, 1.165) is 6.07 Å². The van der Waals surface area contributed by atoms with E-state index in [0.29, 0.717) is 5.56 Å². The van der Waals surface area contributed by atoms with E-state index in [1.54, 1.807) is 0 Å². The summed E-state index contributed by atoms with van der Waals surface area (Å²) < 4.78 is 13.0. The van der Waals surface area contributed by atoms with Gasteiger partial charge in [0, 0.05) is 6.54 Å². The second kappa shape index (κ2) is 4.45. The Morgan fingerprint density at radius 2 is 2.21 bits per heavy atom. The molecule has 0 saturated carbocycles. The van der Waals surface area contributed by atoms with Gasteiger partial charge in [-0.05, 0) is 30.2 Å². The zero-order valence-corrected chi connectivity index (χ0v) is 7.33. The van der Waals surface area contributed by atoms with Gasteiger partial charge in [-0.2, -0.15) is 0 Å². The molecule has 0 aliphatic carbocycles. The monoisotopic (exact) mass is 199 g/mol. The van der Waals surface area contributed by atoms with Gasteiger partial charge in [-0.25, -0.2) is 9.18 Å². The van der Waals surface area contributed by atoms with Gasteiger partial charge in [0.15, 0.2) is 0 Å². The molecule has 5 heteroatoms. The first-order valence-electron chi connectivity index (χ1n) is 4.04. The molecule has 0 unspecified atom stereocenters. The highest BCUT2D eigenvalue weighted by Crippen LogP contribution is 2.15. The van der Waals surface area contributed by atoms with Gasteiger partial charge in [0.1, 0.15) is 11.6 Å². The lowest BCUT2D eigenvalue weighted by molar-refractivity contribution is 0.194. The van der Waals surface area contributed by atoms with E-state index in [1.807, 2.05) is 0 Å². The van der Waals surface area contributed by atoms with E-state index in [-0.39, 0.29) is 18.7 Å². The molecule has 76 valence electrons. The third kappa shape index (κ3) is 2.93. The maximum atomic E-state index is 13.0. The molecule has 0 aromatic heterocycles. The summed E-state index contributed by atoms with van der Waals surface area (Å²) in [5.74, 6) is -0.480. The molecule has 4 nitrogen and oxygen atoms in total. The Bertz CT molecular complexity index is 341. The second-order valence-electron chi connectivity index (χ2n) is 2.76. The summed E-state index contributed by atoms with van der Waals surface area (Å²) in [6.07, 6.45) is -0.933. The van der Waals surface area contributed by atoms with Crippen molar-refractivity contribution < 1.29 is 19.4 Å². The molecule has 0 heterocycles. The van der Waals surface area contributed by atoms with Gasteiger partial charge in [0.25, 0.3) is 0 Å². The van der Waals surface area contributed by atoms with Crippen LogP contribution in [0.5, 0.6) is 5.75 Å². The van der Waals surface area contributed by atoms with Gasteiger partial charge >= 0.3 is 6.09 Å². The van der Waals surface area contributed by atoms with Crippen LogP contribution < -0.4 is 5.32 Å². The Kier molecular flexibility index (Phi) is 3.28. The molecule has 3 N–H and O–H groups in total. The number of carbonyl (C=O) groups is 1. The Morgan fingerprint density at radius 3 is 2.86 bits per heavy atom. The van der Waals surface area contributed by atoms with Crippen LogP contribution in [0.3, 0.4) is 0 Å². The first-order valence-corrected chi connectivity index (χ1v) is 4.04. The summed E-state index contributed by atoms with van der Waals surface area (Å²) >= 11 is 0. The highest BCUT2D eigenvalue weighted by atomic mass is 19.1. The number of hydrogen-bond donors (Lipinski definition) is 3. The number of hydrogen-bond acceptors (Lipinski definition) is 2. The number of benzene rings is 1. The molecule has 0 bridgehead atoms. The molecule has 14 heavy (non-hydrogen) atoms. The maximum Gasteiger partial charge on any atom is 0.404 e. The number of carboxylic acid groups (broad SMARTS) is 1. The minimum absolute atomic E-state index is 0.0308. The summed E-state index contributed by atoms with van der Waals surface area (Å²) in [6, 6.07) is 3.66. The lowest BCUT2D eigenvalue weighted by Crippen LogP contribution is -2.23. The molecule has 0 radical (unpaired) electrons. The first kappa shape index (κ1) is 10.3. The largest absolute Gasteiger partial charge is 0.508 e. The number of aromatic hydroxyl groups is 1. The SMILES string of the molecule is O=C(O)NCCc1cc(O)ccc1F. The fraction of sp³-hybridized carbons (Fsp3) is 0.222. The van der Waals surface area contributed by atoms with E-state index < -0.39 is 11.9 Å². The lowest BCUT2D eigenvalue weighted by Gasteiger charge is -2.03. The van der Waals surface area contributed by atoms with Gasteiger partial charge in [-0.3, -0.25) is 0 Å². The zero-order chi connectivity index (χ0) is 10.6. The third-order valence-corrected chi connectivity index (χ3v) is 1.70. The van der Waals surface area contributed by atoms with Crippen molar-refractivity contribution in [3.05, 3.63) is 29.6 Å². The predicted octanol–water partition coefficient (Wildman–Crippen LogP) is 1.34. The zero-order valence-electron chi connectivity index (χ0n) is 7.33. The molecule has 0 aliphatic heterocycles. The molecule has 1 aromatic rings. The average Bonchev–Trinajstić information content (AvgIpc) is 2.10. The normalized spacial score (nSPS) is 9.79. The van der Waals surface area contributed by atoms with Crippen LogP contribution >= 0.6 is 0 Å². The van der Waals surface area contributed by atoms with Crippen molar-refractivity contribution in [1.29, 1.82) is 0 Å². The molecule has 0 atom stereocenters. The molecular formula is C9H10FNO3. The standard InChI is InChI=1S/C9H10FNO3/c10-8-2-1-7(12)5-6(8)3-4-11-9(13)14/h1-2,5,11-12H,3-4H2,(H,13,14). The number of phenols is 1. The highest BCUT2D eigenvalue weighted by molar-refractivity contribution is 5.64. The van der Waals surface area contributed by atoms with Gasteiger partial charge in [0.05, 0.1) is 0 Å². The summed E-state index contributed by atoms with van der Waals surface area (Å²) in [4.78, 5) is 10.1. The highest BCUT2D eigenvalue weighted by Gasteiger charge is 2.03. The number of nitrogens with one attached hydrogen (secondary N) is 1. The van der Waals surface area contributed by atoms with Gasteiger partial charge in [-0.1, -0.05) is 0 Å². The summed E-state index contributed by atoms with van der Waals surface area (Å²) in [6.45, 7) is 0.121. The quantitative estimate of drug-likeness (QED) is 0.688. The van der Waals surface area contributed by atoms with Crippen LogP contribution in [0.15, 0.2) is 18.2 Å². The topological polar surface area (TPSA) is 69.6 Å². The molecule has 0 aliphatic rings. The minimum atomic E-state index is -1.15. The van der Waals surface area contributed by atoms with E-state index in [9.17, 15) is 9.18 Å². The van der Waals surface area contributed by atoms with Crippen molar-refractivity contribution in [1.82, 2.24) is 5.32 Å². The van der Waals surface area contributed by atoms with Crippen LogP contribution in [0.25, 0.3) is 0 Å². The fourth-order valence-electron chi connectivity index (χ4n) is 1.06. The van der Waals surface area contributed by atoms with Crippen molar-refractivity contribution in [3.8, 4) is 5.75 Å². The summed E-state index contributed by atoms with van der Waals surface area (Å²) in [5.41, 5.74) is 0.291. The molecule has 0 fully saturated rings. The number of amides is 1. The molecule has 0 spiro atoms. The summed E-state index contributed by atoms with van der Waals surface area (Å²) in [5, 5.41) is 19.4. The van der Waals surface area contributed by atoms with Crippen molar-refractivity contribution in [3.63, 3.8) is 0 Å². The van der Waals surface area contributed by atoms with Gasteiger partial charge in [-0.15, -0.1) is 0 Å². The minimum Gasteiger partial charge on any atom is -0.508 e. The first-order chi connectivity index (χ1) is 6.59. The molecule has 0 saturated heterocycles. The van der Waals surface area contributed by atoms with Gasteiger partial charge < -0.3 is 15.5 Å². The van der Waals surface area contributed by atoms with E-state index >= 15 is 0 Å². The van der Waals surface area contributed by atoms with E-state index in [2.05, 4.69) is 5.32 Å². The predicted molar refractivity (Wildman–Crippen MR) is 47.8 cm³/mol. The van der Waals surface area contributed by atoms with Crippen molar-refractivity contribution in [2.24, 2.45) is 0 Å². The Labute approximate surface area is 80.0 Å². The molecule has 1 rings (SSSR count). The van der Waals surface area contributed by atoms with Crippen LogP contribution in [0.1, 0.15) is 5.56 Å².